The quantitative estimate of drug-likeness (QED) is 0.511. The van der Waals surface area contributed by atoms with Crippen molar-refractivity contribution < 1.29 is 9.21 Å². The number of nitrogen functional groups attached to an aromatic ring is 1. The van der Waals surface area contributed by atoms with Gasteiger partial charge in [-0.05, 0) is 18.2 Å². The van der Waals surface area contributed by atoms with Gasteiger partial charge in [-0.1, -0.05) is 11.6 Å². The van der Waals surface area contributed by atoms with E-state index in [9.17, 15) is 4.79 Å². The number of benzene rings is 1. The molecule has 0 saturated heterocycles. The van der Waals surface area contributed by atoms with Gasteiger partial charge < -0.3 is 10.2 Å². The summed E-state index contributed by atoms with van der Waals surface area (Å²) >= 11 is 5.89. The number of rotatable bonds is 2. The molecule has 0 atom stereocenters. The summed E-state index contributed by atoms with van der Waals surface area (Å²) in [6.07, 6.45) is 1.27. The first-order chi connectivity index (χ1) is 11.1. The van der Waals surface area contributed by atoms with Crippen LogP contribution in [0.1, 0.15) is 10.5 Å². The van der Waals surface area contributed by atoms with Gasteiger partial charge in [0.25, 0.3) is 5.91 Å². The average Bonchev–Trinajstić information content (AvgIpc) is 3.11. The summed E-state index contributed by atoms with van der Waals surface area (Å²) in [5.41, 5.74) is 7.22. The molecule has 0 bridgehead atoms. The summed E-state index contributed by atoms with van der Waals surface area (Å²) < 4.78 is 5.44. The van der Waals surface area contributed by atoms with Crippen molar-refractivity contribution in [2.45, 2.75) is 0 Å². The van der Waals surface area contributed by atoms with Crippen LogP contribution >= 0.6 is 11.6 Å². The van der Waals surface area contributed by atoms with Crippen molar-refractivity contribution in [1.29, 1.82) is 0 Å². The van der Waals surface area contributed by atoms with Crippen LogP contribution in [0.4, 0.5) is 11.8 Å². The number of anilines is 2. The molecule has 114 valence electrons. The molecule has 0 radical (unpaired) electrons. The first-order valence-corrected chi connectivity index (χ1v) is 6.81. The van der Waals surface area contributed by atoms with E-state index in [2.05, 4.69) is 30.5 Å². The minimum atomic E-state index is -0.522. The molecule has 0 saturated carbocycles. The minimum absolute atomic E-state index is 0.0328. The number of carbonyl (C=O) groups is 1. The fourth-order valence-corrected chi connectivity index (χ4v) is 2.32. The van der Waals surface area contributed by atoms with Crippen LogP contribution in [0.15, 0.2) is 28.9 Å². The van der Waals surface area contributed by atoms with Crippen LogP contribution in [0.3, 0.4) is 0 Å². The summed E-state index contributed by atoms with van der Waals surface area (Å²) in [5, 5.41) is 9.88. The maximum Gasteiger partial charge on any atom is 0.302 e. The first-order valence-electron chi connectivity index (χ1n) is 6.44. The highest BCUT2D eigenvalue weighted by molar-refractivity contribution is 6.31. The van der Waals surface area contributed by atoms with Crippen LogP contribution in [0.25, 0.3) is 22.1 Å². The van der Waals surface area contributed by atoms with Crippen LogP contribution in [0, 0.1) is 0 Å². The predicted molar refractivity (Wildman–Crippen MR) is 83.1 cm³/mol. The Kier molecular flexibility index (Phi) is 2.88. The van der Waals surface area contributed by atoms with Crippen LogP contribution in [-0.4, -0.2) is 31.1 Å². The summed E-state index contributed by atoms with van der Waals surface area (Å²) in [5.74, 6) is -0.370. The molecule has 9 nitrogen and oxygen atoms in total. The molecule has 0 aliphatic rings. The van der Waals surface area contributed by atoms with E-state index >= 15 is 0 Å². The summed E-state index contributed by atoms with van der Waals surface area (Å²) in [6.45, 7) is 0. The van der Waals surface area contributed by atoms with Crippen molar-refractivity contribution in [1.82, 2.24) is 25.1 Å². The molecule has 1 aromatic carbocycles. The van der Waals surface area contributed by atoms with Crippen molar-refractivity contribution in [2.24, 2.45) is 0 Å². The van der Waals surface area contributed by atoms with E-state index < -0.39 is 5.91 Å². The molecule has 4 rings (SSSR count). The Bertz CT molecular complexity index is 1060. The standard InChI is InChI=1S/C13H8ClN7O2/c14-5-1-2-7-6(3-5)18-13(23-7)19-12(22)9-8-10(15)16-4-17-11(8)21-20-9/h1-4H,(H,18,19,22)(H3,15,16,17,20,21). The van der Waals surface area contributed by atoms with Crippen LogP contribution in [0.2, 0.25) is 5.02 Å². The number of amides is 1. The van der Waals surface area contributed by atoms with Gasteiger partial charge in [0.15, 0.2) is 11.2 Å². The van der Waals surface area contributed by atoms with E-state index in [-0.39, 0.29) is 17.5 Å². The molecule has 0 aliphatic heterocycles. The van der Waals surface area contributed by atoms with Crippen LogP contribution < -0.4 is 11.1 Å². The highest BCUT2D eigenvalue weighted by Gasteiger charge is 2.19. The van der Waals surface area contributed by atoms with Gasteiger partial charge in [-0.3, -0.25) is 15.2 Å². The zero-order valence-corrected chi connectivity index (χ0v) is 12.1. The number of nitrogens with zero attached hydrogens (tertiary/aromatic N) is 4. The van der Waals surface area contributed by atoms with Gasteiger partial charge >= 0.3 is 6.01 Å². The molecule has 10 heteroatoms. The predicted octanol–water partition coefficient (Wildman–Crippen LogP) is 1.98. The Morgan fingerprint density at radius 1 is 1.35 bits per heavy atom. The number of oxazole rings is 1. The molecular formula is C13H8ClN7O2. The Morgan fingerprint density at radius 3 is 3.09 bits per heavy atom. The zero-order valence-electron chi connectivity index (χ0n) is 11.4. The van der Waals surface area contributed by atoms with E-state index in [1.165, 1.54) is 6.33 Å². The first kappa shape index (κ1) is 13.5. The molecule has 1 amide bonds. The van der Waals surface area contributed by atoms with Gasteiger partial charge in [-0.25, -0.2) is 9.97 Å². The Hall–Kier alpha value is -3.20. The maximum absolute atomic E-state index is 12.4. The highest BCUT2D eigenvalue weighted by Crippen LogP contribution is 2.24. The van der Waals surface area contributed by atoms with E-state index in [1.54, 1.807) is 18.2 Å². The smallest absolute Gasteiger partial charge is 0.302 e. The number of hydrogen-bond donors (Lipinski definition) is 3. The molecule has 0 aliphatic carbocycles. The lowest BCUT2D eigenvalue weighted by Gasteiger charge is -1.99. The number of nitrogens with one attached hydrogen (secondary N) is 2. The fourth-order valence-electron chi connectivity index (χ4n) is 2.16. The van der Waals surface area contributed by atoms with E-state index in [0.717, 1.165) is 0 Å². The number of halogens is 1. The third-order valence-electron chi connectivity index (χ3n) is 3.18. The summed E-state index contributed by atoms with van der Waals surface area (Å²) in [7, 11) is 0. The molecule has 3 aromatic heterocycles. The van der Waals surface area contributed by atoms with E-state index in [0.29, 0.717) is 27.2 Å². The van der Waals surface area contributed by atoms with Gasteiger partial charge in [0.05, 0.1) is 5.39 Å². The number of fused-ring (bicyclic) bond motifs is 2. The lowest BCUT2D eigenvalue weighted by molar-refractivity contribution is 0.102. The highest BCUT2D eigenvalue weighted by atomic mass is 35.5. The normalized spacial score (nSPS) is 11.2. The van der Waals surface area contributed by atoms with Crippen molar-refractivity contribution in [3.63, 3.8) is 0 Å². The molecule has 4 N–H and O–H groups in total. The number of aromatic amines is 1. The largest absolute Gasteiger partial charge is 0.423 e. The average molecular weight is 330 g/mol. The molecule has 0 unspecified atom stereocenters. The SMILES string of the molecule is Nc1ncnc2n[nH]c(C(=O)Nc3nc4cc(Cl)ccc4o3)c12. The molecule has 4 aromatic rings. The molecule has 0 spiro atoms. The van der Waals surface area contributed by atoms with Crippen LogP contribution in [-0.2, 0) is 0 Å². The van der Waals surface area contributed by atoms with Gasteiger partial charge in [0, 0.05) is 5.02 Å². The van der Waals surface area contributed by atoms with E-state index in [1.807, 2.05) is 0 Å². The summed E-state index contributed by atoms with van der Waals surface area (Å²) in [4.78, 5) is 24.3. The number of hydrogen-bond acceptors (Lipinski definition) is 7. The monoisotopic (exact) mass is 329 g/mol. The second kappa shape index (κ2) is 4.92. The fraction of sp³-hybridized carbons (Fsp3) is 0. The second-order valence-corrected chi connectivity index (χ2v) is 5.08. The van der Waals surface area contributed by atoms with Gasteiger partial charge in [0.1, 0.15) is 23.4 Å². The lowest BCUT2D eigenvalue weighted by Crippen LogP contribution is -2.13. The third kappa shape index (κ3) is 2.23. The number of aromatic nitrogens is 5. The molecule has 3 heterocycles. The van der Waals surface area contributed by atoms with Crippen molar-refractivity contribution in [2.75, 3.05) is 11.1 Å². The van der Waals surface area contributed by atoms with E-state index in [4.69, 9.17) is 21.8 Å². The number of nitrogens with two attached hydrogens (primary N) is 1. The molecule has 23 heavy (non-hydrogen) atoms. The van der Waals surface area contributed by atoms with Gasteiger partial charge in [-0.2, -0.15) is 10.1 Å². The van der Waals surface area contributed by atoms with Gasteiger partial charge in [-0.15, -0.1) is 0 Å². The number of carbonyl (C=O) groups excluding carboxylic acids is 1. The lowest BCUT2D eigenvalue weighted by atomic mass is 10.2. The van der Waals surface area contributed by atoms with Gasteiger partial charge in [0.2, 0.25) is 0 Å². The number of H-pyrrole nitrogens is 1. The maximum atomic E-state index is 12.4. The third-order valence-corrected chi connectivity index (χ3v) is 3.41. The Labute approximate surface area is 132 Å². The second-order valence-electron chi connectivity index (χ2n) is 4.64. The Morgan fingerprint density at radius 2 is 2.22 bits per heavy atom. The van der Waals surface area contributed by atoms with Crippen molar-refractivity contribution in [3.05, 3.63) is 35.2 Å². The zero-order chi connectivity index (χ0) is 16.0. The Balaban J connectivity index is 1.70. The van der Waals surface area contributed by atoms with Crippen LogP contribution in [0.5, 0.6) is 0 Å². The topological polar surface area (TPSA) is 136 Å². The summed E-state index contributed by atoms with van der Waals surface area (Å²) in [6, 6.07) is 5.00. The minimum Gasteiger partial charge on any atom is -0.423 e. The van der Waals surface area contributed by atoms with Crippen molar-refractivity contribution in [3.8, 4) is 0 Å². The van der Waals surface area contributed by atoms with Crippen molar-refractivity contribution >= 4 is 51.5 Å². The molecular weight excluding hydrogens is 322 g/mol. The molecule has 0 fully saturated rings.